The van der Waals surface area contributed by atoms with Crippen LogP contribution in [0, 0.1) is 0 Å². The number of piperidine rings is 1. The molecule has 31 heavy (non-hydrogen) atoms. The van der Waals surface area contributed by atoms with Gasteiger partial charge in [-0.05, 0) is 63.9 Å². The summed E-state index contributed by atoms with van der Waals surface area (Å²) in [5, 5.41) is 4.47. The Bertz CT molecular complexity index is 933. The first-order valence-corrected chi connectivity index (χ1v) is 12.8. The fraction of sp³-hybridized carbons (Fsp3) is 0.625. The second-order valence-corrected chi connectivity index (χ2v) is 9.76. The van der Waals surface area contributed by atoms with Gasteiger partial charge in [0.25, 0.3) is 5.56 Å². The van der Waals surface area contributed by atoms with Gasteiger partial charge in [0.1, 0.15) is 0 Å². The molecular formula is C24H34N4O2S. The Labute approximate surface area is 188 Å². The third-order valence-electron chi connectivity index (χ3n) is 6.43. The molecule has 0 atom stereocenters. The van der Waals surface area contributed by atoms with Gasteiger partial charge in [0, 0.05) is 12.6 Å². The van der Waals surface area contributed by atoms with Crippen molar-refractivity contribution in [2.24, 2.45) is 0 Å². The molecule has 1 aromatic carbocycles. The lowest BCUT2D eigenvalue weighted by molar-refractivity contribution is -0.119. The number of benzene rings is 1. The Kier molecular flexibility index (Phi) is 8.03. The number of hydrogen-bond acceptors (Lipinski definition) is 5. The number of hydrogen-bond donors (Lipinski definition) is 1. The van der Waals surface area contributed by atoms with Gasteiger partial charge < -0.3 is 10.2 Å². The Morgan fingerprint density at radius 2 is 1.77 bits per heavy atom. The minimum Gasteiger partial charge on any atom is -0.353 e. The van der Waals surface area contributed by atoms with Crippen molar-refractivity contribution >= 4 is 28.6 Å². The van der Waals surface area contributed by atoms with Crippen LogP contribution >= 0.6 is 11.8 Å². The summed E-state index contributed by atoms with van der Waals surface area (Å²) in [4.78, 5) is 32.9. The zero-order valence-corrected chi connectivity index (χ0v) is 19.2. The number of carbonyl (C=O) groups excluding carboxylic acids is 1. The monoisotopic (exact) mass is 442 g/mol. The highest BCUT2D eigenvalue weighted by Gasteiger charge is 2.18. The van der Waals surface area contributed by atoms with Crippen molar-refractivity contribution in [2.75, 3.05) is 25.4 Å². The van der Waals surface area contributed by atoms with Gasteiger partial charge in [-0.3, -0.25) is 14.2 Å². The van der Waals surface area contributed by atoms with Crippen molar-refractivity contribution in [1.29, 1.82) is 0 Å². The SMILES string of the molecule is O=C(CSc1nc2ccccc2c(=O)n1CCCN1CCCCC1)NC1CCCCC1. The van der Waals surface area contributed by atoms with Gasteiger partial charge in [-0.25, -0.2) is 4.98 Å². The molecule has 1 saturated heterocycles. The topological polar surface area (TPSA) is 67.2 Å². The van der Waals surface area contributed by atoms with E-state index < -0.39 is 0 Å². The third kappa shape index (κ3) is 6.10. The largest absolute Gasteiger partial charge is 0.353 e. The van der Waals surface area contributed by atoms with E-state index in [4.69, 9.17) is 4.98 Å². The summed E-state index contributed by atoms with van der Waals surface area (Å²) in [6.45, 7) is 3.97. The minimum atomic E-state index is -0.000525. The van der Waals surface area contributed by atoms with Crippen LogP contribution in [0.1, 0.15) is 57.8 Å². The standard InChI is InChI=1S/C24H34N4O2S/c29-22(25-19-10-3-1-4-11-19)18-31-24-26-21-13-6-5-12-20(21)23(30)28(24)17-9-16-27-14-7-2-8-15-27/h5-6,12-13,19H,1-4,7-11,14-18H2,(H,25,29). The smallest absolute Gasteiger partial charge is 0.262 e. The highest BCUT2D eigenvalue weighted by atomic mass is 32.2. The quantitative estimate of drug-likeness (QED) is 0.497. The molecule has 1 aliphatic heterocycles. The molecule has 0 unspecified atom stereocenters. The number of nitrogens with one attached hydrogen (secondary N) is 1. The van der Waals surface area contributed by atoms with Crippen LogP contribution in [0.4, 0.5) is 0 Å². The van der Waals surface area contributed by atoms with Gasteiger partial charge in [0.05, 0.1) is 16.7 Å². The van der Waals surface area contributed by atoms with Crippen LogP contribution in [-0.4, -0.2) is 51.8 Å². The second-order valence-electron chi connectivity index (χ2n) is 8.82. The van der Waals surface area contributed by atoms with E-state index in [0.29, 0.717) is 34.4 Å². The van der Waals surface area contributed by atoms with Crippen molar-refractivity contribution in [1.82, 2.24) is 19.8 Å². The van der Waals surface area contributed by atoms with Gasteiger partial charge in [-0.15, -0.1) is 0 Å². The molecule has 2 aromatic rings. The van der Waals surface area contributed by atoms with Crippen LogP contribution in [0.3, 0.4) is 0 Å². The molecule has 7 heteroatoms. The number of likely N-dealkylation sites (tertiary alicyclic amines) is 1. The predicted octanol–water partition coefficient (Wildman–Crippen LogP) is 3.81. The molecule has 6 nitrogen and oxygen atoms in total. The molecule has 1 saturated carbocycles. The van der Waals surface area contributed by atoms with E-state index in [1.807, 2.05) is 24.3 Å². The van der Waals surface area contributed by atoms with Gasteiger partial charge >= 0.3 is 0 Å². The summed E-state index contributed by atoms with van der Waals surface area (Å²) in [6.07, 6.45) is 10.6. The third-order valence-corrected chi connectivity index (χ3v) is 7.41. The zero-order chi connectivity index (χ0) is 21.5. The van der Waals surface area contributed by atoms with Crippen LogP contribution in [0.5, 0.6) is 0 Å². The van der Waals surface area contributed by atoms with Crippen molar-refractivity contribution in [3.63, 3.8) is 0 Å². The number of fused-ring (bicyclic) bond motifs is 1. The zero-order valence-electron chi connectivity index (χ0n) is 18.4. The van der Waals surface area contributed by atoms with Crippen molar-refractivity contribution in [2.45, 2.75) is 75.5 Å². The number of para-hydroxylation sites is 1. The molecule has 1 N–H and O–H groups in total. The molecule has 0 spiro atoms. The van der Waals surface area contributed by atoms with Crippen LogP contribution in [0.15, 0.2) is 34.2 Å². The molecule has 4 rings (SSSR count). The summed E-state index contributed by atoms with van der Waals surface area (Å²) in [5.74, 6) is 0.340. The molecule has 1 amide bonds. The van der Waals surface area contributed by atoms with E-state index in [1.165, 1.54) is 50.3 Å². The van der Waals surface area contributed by atoms with Gasteiger partial charge in [-0.1, -0.05) is 49.6 Å². The number of carbonyl (C=O) groups is 1. The predicted molar refractivity (Wildman–Crippen MR) is 127 cm³/mol. The van der Waals surface area contributed by atoms with Gasteiger partial charge in [0.2, 0.25) is 5.91 Å². The fourth-order valence-corrected chi connectivity index (χ4v) is 5.57. The van der Waals surface area contributed by atoms with Gasteiger partial charge in [-0.2, -0.15) is 0 Å². The summed E-state index contributed by atoms with van der Waals surface area (Å²) in [7, 11) is 0. The number of nitrogens with zero attached hydrogens (tertiary/aromatic N) is 3. The highest BCUT2D eigenvalue weighted by molar-refractivity contribution is 7.99. The average Bonchev–Trinajstić information content (AvgIpc) is 2.81. The molecule has 1 aromatic heterocycles. The van der Waals surface area contributed by atoms with E-state index >= 15 is 0 Å². The first-order valence-electron chi connectivity index (χ1n) is 11.8. The van der Waals surface area contributed by atoms with Crippen LogP contribution in [0.2, 0.25) is 0 Å². The molecular weight excluding hydrogens is 408 g/mol. The van der Waals surface area contributed by atoms with Gasteiger partial charge in [0.15, 0.2) is 5.16 Å². The number of aromatic nitrogens is 2. The number of amides is 1. The van der Waals surface area contributed by atoms with E-state index in [1.54, 1.807) is 4.57 Å². The Morgan fingerprint density at radius 3 is 2.58 bits per heavy atom. The lowest BCUT2D eigenvalue weighted by atomic mass is 9.95. The van der Waals surface area contributed by atoms with Crippen molar-refractivity contribution < 1.29 is 4.79 Å². The molecule has 168 valence electrons. The van der Waals surface area contributed by atoms with E-state index in [-0.39, 0.29) is 11.5 Å². The Balaban J connectivity index is 1.44. The Hall–Kier alpha value is -1.86. The summed E-state index contributed by atoms with van der Waals surface area (Å²) in [6, 6.07) is 7.81. The first kappa shape index (κ1) is 22.3. The molecule has 0 radical (unpaired) electrons. The van der Waals surface area contributed by atoms with Crippen molar-refractivity contribution in [3.05, 3.63) is 34.6 Å². The van der Waals surface area contributed by atoms with E-state index in [0.717, 1.165) is 38.9 Å². The fourth-order valence-electron chi connectivity index (χ4n) is 4.74. The average molecular weight is 443 g/mol. The molecule has 2 aliphatic rings. The lowest BCUT2D eigenvalue weighted by Gasteiger charge is -2.26. The maximum atomic E-state index is 13.2. The highest BCUT2D eigenvalue weighted by Crippen LogP contribution is 2.20. The Morgan fingerprint density at radius 1 is 1.03 bits per heavy atom. The van der Waals surface area contributed by atoms with E-state index in [2.05, 4.69) is 10.2 Å². The second kappa shape index (κ2) is 11.1. The van der Waals surface area contributed by atoms with E-state index in [9.17, 15) is 9.59 Å². The summed E-state index contributed by atoms with van der Waals surface area (Å²) in [5.41, 5.74) is 0.703. The van der Waals surface area contributed by atoms with Crippen LogP contribution < -0.4 is 10.9 Å². The normalized spacial score (nSPS) is 18.3. The molecule has 0 bridgehead atoms. The van der Waals surface area contributed by atoms with Crippen LogP contribution in [0.25, 0.3) is 10.9 Å². The number of rotatable bonds is 8. The molecule has 2 fully saturated rings. The molecule has 2 heterocycles. The lowest BCUT2D eigenvalue weighted by Crippen LogP contribution is -2.37. The van der Waals surface area contributed by atoms with Crippen LogP contribution in [-0.2, 0) is 11.3 Å². The maximum absolute atomic E-state index is 13.2. The summed E-state index contributed by atoms with van der Waals surface area (Å²) >= 11 is 1.38. The van der Waals surface area contributed by atoms with Crippen molar-refractivity contribution in [3.8, 4) is 0 Å². The maximum Gasteiger partial charge on any atom is 0.262 e. The summed E-state index contributed by atoms with van der Waals surface area (Å²) < 4.78 is 1.78. The first-order chi connectivity index (χ1) is 15.2. The molecule has 1 aliphatic carbocycles. The minimum absolute atomic E-state index is 0.000525. The number of thioether (sulfide) groups is 1.